The monoisotopic (exact) mass is 435 g/mol. The number of nitrogens with zero attached hydrogens (tertiary/aromatic N) is 1. The zero-order valence-corrected chi connectivity index (χ0v) is 18.3. The highest BCUT2D eigenvalue weighted by Gasteiger charge is 2.33. The Labute approximate surface area is 188 Å². The molecule has 1 saturated carbocycles. The van der Waals surface area contributed by atoms with Crippen molar-refractivity contribution in [1.29, 1.82) is 5.26 Å². The van der Waals surface area contributed by atoms with Gasteiger partial charge in [0.25, 0.3) is 5.91 Å². The fourth-order valence-electron chi connectivity index (χ4n) is 3.12. The standard InChI is InChI=1S/C25H29N3O4/c1-25(17-26,31-16-21-10-6-3-7-11-21)18-28-23(29)22(14-19-12-13-19)32-24(30)27-15-20-8-4-2-5-9-20/h2-11,19,22H,12-16,18H2,1H3,(H,27,30)(H,28,29). The van der Waals surface area contributed by atoms with Crippen LogP contribution in [0.3, 0.4) is 0 Å². The summed E-state index contributed by atoms with van der Waals surface area (Å²) < 4.78 is 11.2. The molecule has 0 aliphatic heterocycles. The van der Waals surface area contributed by atoms with Gasteiger partial charge in [-0.3, -0.25) is 4.79 Å². The van der Waals surface area contributed by atoms with Gasteiger partial charge in [-0.05, 0) is 30.4 Å². The predicted octanol–water partition coefficient (Wildman–Crippen LogP) is 3.70. The number of hydrogen-bond acceptors (Lipinski definition) is 5. The van der Waals surface area contributed by atoms with Crippen LogP contribution < -0.4 is 10.6 Å². The average molecular weight is 436 g/mol. The quantitative estimate of drug-likeness (QED) is 0.561. The van der Waals surface area contributed by atoms with Crippen molar-refractivity contribution >= 4 is 12.0 Å². The Bertz CT molecular complexity index is 925. The summed E-state index contributed by atoms with van der Waals surface area (Å²) in [7, 11) is 0. The van der Waals surface area contributed by atoms with Crippen LogP contribution in [-0.4, -0.2) is 30.3 Å². The maximum atomic E-state index is 12.8. The molecule has 2 unspecified atom stereocenters. The van der Waals surface area contributed by atoms with E-state index >= 15 is 0 Å². The van der Waals surface area contributed by atoms with E-state index in [-0.39, 0.29) is 13.2 Å². The first-order chi connectivity index (χ1) is 15.5. The fraction of sp³-hybridized carbons (Fsp3) is 0.400. The van der Waals surface area contributed by atoms with Crippen LogP contribution >= 0.6 is 0 Å². The van der Waals surface area contributed by atoms with E-state index in [2.05, 4.69) is 16.7 Å². The number of carbonyl (C=O) groups is 2. The Morgan fingerprint density at radius 1 is 1.06 bits per heavy atom. The maximum Gasteiger partial charge on any atom is 0.408 e. The smallest absolute Gasteiger partial charge is 0.408 e. The molecule has 32 heavy (non-hydrogen) atoms. The lowest BCUT2D eigenvalue weighted by Gasteiger charge is -2.24. The van der Waals surface area contributed by atoms with Crippen molar-refractivity contribution in [2.24, 2.45) is 5.92 Å². The van der Waals surface area contributed by atoms with Crippen LogP contribution in [0.2, 0.25) is 0 Å². The minimum Gasteiger partial charge on any atom is -0.436 e. The van der Waals surface area contributed by atoms with E-state index in [1.54, 1.807) is 6.92 Å². The topological polar surface area (TPSA) is 100 Å². The van der Waals surface area contributed by atoms with Crippen molar-refractivity contribution in [1.82, 2.24) is 10.6 Å². The van der Waals surface area contributed by atoms with Gasteiger partial charge < -0.3 is 20.1 Å². The van der Waals surface area contributed by atoms with Crippen molar-refractivity contribution in [2.45, 2.75) is 51.0 Å². The van der Waals surface area contributed by atoms with E-state index in [4.69, 9.17) is 9.47 Å². The molecule has 1 fully saturated rings. The summed E-state index contributed by atoms with van der Waals surface area (Å²) in [5.41, 5.74) is 0.670. The van der Waals surface area contributed by atoms with Crippen LogP contribution in [0.15, 0.2) is 60.7 Å². The molecular formula is C25H29N3O4. The van der Waals surface area contributed by atoms with E-state index < -0.39 is 23.7 Å². The summed E-state index contributed by atoms with van der Waals surface area (Å²) in [5, 5.41) is 15.0. The number of benzene rings is 2. The summed E-state index contributed by atoms with van der Waals surface area (Å²) in [5.74, 6) is -0.0408. The highest BCUT2D eigenvalue weighted by atomic mass is 16.6. The molecule has 1 aliphatic rings. The van der Waals surface area contributed by atoms with Crippen LogP contribution in [0.1, 0.15) is 37.3 Å². The van der Waals surface area contributed by atoms with Gasteiger partial charge in [0, 0.05) is 6.54 Å². The molecule has 0 radical (unpaired) electrons. The molecule has 0 aromatic heterocycles. The molecule has 2 atom stereocenters. The van der Waals surface area contributed by atoms with Gasteiger partial charge in [-0.1, -0.05) is 73.5 Å². The molecule has 0 heterocycles. The number of nitriles is 1. The van der Waals surface area contributed by atoms with Crippen LogP contribution in [0.25, 0.3) is 0 Å². The van der Waals surface area contributed by atoms with Crippen LogP contribution in [0.4, 0.5) is 4.79 Å². The third-order valence-corrected chi connectivity index (χ3v) is 5.30. The summed E-state index contributed by atoms with van der Waals surface area (Å²) in [6.07, 6.45) is 0.969. The van der Waals surface area contributed by atoms with Crippen molar-refractivity contribution < 1.29 is 19.1 Å². The van der Waals surface area contributed by atoms with Gasteiger partial charge in [0.2, 0.25) is 0 Å². The van der Waals surface area contributed by atoms with Crippen LogP contribution in [0, 0.1) is 17.2 Å². The Morgan fingerprint density at radius 3 is 2.28 bits per heavy atom. The highest BCUT2D eigenvalue weighted by Crippen LogP contribution is 2.34. The minimum atomic E-state index is -1.20. The largest absolute Gasteiger partial charge is 0.436 e. The number of carbonyl (C=O) groups excluding carboxylic acids is 2. The first kappa shape index (κ1) is 23.3. The van der Waals surface area contributed by atoms with Gasteiger partial charge in [0.15, 0.2) is 11.7 Å². The molecule has 0 spiro atoms. The van der Waals surface area contributed by atoms with Gasteiger partial charge in [-0.2, -0.15) is 5.26 Å². The summed E-state index contributed by atoms with van der Waals surface area (Å²) >= 11 is 0. The minimum absolute atomic E-state index is 0.00860. The Morgan fingerprint density at radius 2 is 1.69 bits per heavy atom. The van der Waals surface area contributed by atoms with Gasteiger partial charge in [-0.15, -0.1) is 0 Å². The maximum absolute atomic E-state index is 12.8. The molecule has 0 bridgehead atoms. The number of ether oxygens (including phenoxy) is 2. The van der Waals surface area contributed by atoms with E-state index in [1.807, 2.05) is 60.7 Å². The molecule has 168 valence electrons. The third-order valence-electron chi connectivity index (χ3n) is 5.30. The molecule has 2 N–H and O–H groups in total. The second-order valence-corrected chi connectivity index (χ2v) is 8.25. The number of alkyl carbamates (subject to hydrolysis) is 1. The molecule has 2 aromatic carbocycles. The zero-order valence-electron chi connectivity index (χ0n) is 18.3. The van der Waals surface area contributed by atoms with Crippen molar-refractivity contribution in [2.75, 3.05) is 6.54 Å². The molecule has 7 heteroatoms. The van der Waals surface area contributed by atoms with Gasteiger partial charge in [0.1, 0.15) is 0 Å². The van der Waals surface area contributed by atoms with Gasteiger partial charge in [-0.25, -0.2) is 4.79 Å². The number of hydrogen-bond donors (Lipinski definition) is 2. The predicted molar refractivity (Wildman–Crippen MR) is 119 cm³/mol. The molecule has 1 aliphatic carbocycles. The third kappa shape index (κ3) is 7.71. The van der Waals surface area contributed by atoms with Crippen molar-refractivity contribution in [3.8, 4) is 6.07 Å². The van der Waals surface area contributed by atoms with Gasteiger partial charge >= 0.3 is 6.09 Å². The van der Waals surface area contributed by atoms with Crippen molar-refractivity contribution in [3.63, 3.8) is 0 Å². The normalized spacial score (nSPS) is 15.6. The molecule has 3 rings (SSSR count). The second-order valence-electron chi connectivity index (χ2n) is 8.25. The molecule has 7 nitrogen and oxygen atoms in total. The zero-order chi connectivity index (χ0) is 22.8. The van der Waals surface area contributed by atoms with E-state index in [1.165, 1.54) is 0 Å². The number of rotatable bonds is 11. The highest BCUT2D eigenvalue weighted by molar-refractivity contribution is 5.83. The molecule has 2 aromatic rings. The summed E-state index contributed by atoms with van der Waals surface area (Å²) in [4.78, 5) is 25.0. The lowest BCUT2D eigenvalue weighted by atomic mass is 10.1. The van der Waals surface area contributed by atoms with Crippen LogP contribution in [0.5, 0.6) is 0 Å². The first-order valence-corrected chi connectivity index (χ1v) is 10.8. The van der Waals surface area contributed by atoms with Crippen LogP contribution in [-0.2, 0) is 27.4 Å². The van der Waals surface area contributed by atoms with E-state index in [0.717, 1.165) is 24.0 Å². The summed E-state index contributed by atoms with van der Waals surface area (Å²) in [6, 6.07) is 21.1. The lowest BCUT2D eigenvalue weighted by Crippen LogP contribution is -2.47. The van der Waals surface area contributed by atoms with E-state index in [0.29, 0.717) is 18.9 Å². The van der Waals surface area contributed by atoms with E-state index in [9.17, 15) is 14.9 Å². The average Bonchev–Trinajstić information content (AvgIpc) is 3.65. The van der Waals surface area contributed by atoms with Crippen molar-refractivity contribution in [3.05, 3.63) is 71.8 Å². The molecule has 2 amide bonds. The first-order valence-electron chi connectivity index (χ1n) is 10.8. The molecule has 0 saturated heterocycles. The Hall–Kier alpha value is -3.37. The molecular weight excluding hydrogens is 406 g/mol. The SMILES string of the molecule is CC(C#N)(CNC(=O)C(CC1CC1)OC(=O)NCc1ccccc1)OCc1ccccc1. The lowest BCUT2D eigenvalue weighted by molar-refractivity contribution is -0.131. The van der Waals surface area contributed by atoms with Gasteiger partial charge in [0.05, 0.1) is 19.2 Å². The Kier molecular flexibility index (Phi) is 8.23. The summed E-state index contributed by atoms with van der Waals surface area (Å²) in [6.45, 7) is 2.19. The Balaban J connectivity index is 1.50. The number of amides is 2. The second kappa shape index (κ2) is 11.3. The fourth-order valence-corrected chi connectivity index (χ4v) is 3.12. The number of nitrogens with one attached hydrogen (secondary N) is 2.